The van der Waals surface area contributed by atoms with Gasteiger partial charge in [-0.1, -0.05) is 12.6 Å². The third-order valence-electron chi connectivity index (χ3n) is 0.986. The summed E-state index contributed by atoms with van der Waals surface area (Å²) in [6, 6.07) is 0. The fraction of sp³-hybridized carbons (Fsp3) is 0.400. The van der Waals surface area contributed by atoms with Gasteiger partial charge in [0.1, 0.15) is 0 Å². The van der Waals surface area contributed by atoms with Crippen molar-refractivity contribution in [1.29, 1.82) is 0 Å². The molecule has 3 nitrogen and oxygen atoms in total. The van der Waals surface area contributed by atoms with Gasteiger partial charge in [-0.25, -0.2) is 5.10 Å². The van der Waals surface area contributed by atoms with Crippen LogP contribution in [0.5, 0.6) is 0 Å². The van der Waals surface area contributed by atoms with Crippen molar-refractivity contribution in [3.05, 3.63) is 17.7 Å². The molecule has 57 valence electrons. The van der Waals surface area contributed by atoms with Gasteiger partial charge in [-0.05, 0) is 18.9 Å². The average Bonchev–Trinajstić information content (AvgIpc) is 1.77. The summed E-state index contributed by atoms with van der Waals surface area (Å²) < 4.78 is 0. The maximum Gasteiger partial charge on any atom is 0 e. The maximum absolute atomic E-state index is 3.78. The second-order valence-corrected chi connectivity index (χ2v) is 1.58. The van der Waals surface area contributed by atoms with Crippen LogP contribution in [0.2, 0.25) is 0 Å². The van der Waals surface area contributed by atoms with E-state index >= 15 is 0 Å². The zero-order chi connectivity index (χ0) is 5.98. The molecule has 0 bridgehead atoms. The maximum atomic E-state index is 3.78. The monoisotopic (exact) mass is 370 g/mol. The van der Waals surface area contributed by atoms with Crippen LogP contribution in [0.1, 0.15) is 11.4 Å². The predicted molar refractivity (Wildman–Crippen MR) is 28.1 cm³/mol. The molecule has 1 rings (SSSR count). The summed E-state index contributed by atoms with van der Waals surface area (Å²) >= 11 is 0. The van der Waals surface area contributed by atoms with Crippen molar-refractivity contribution < 1.29 is 0 Å². The molecule has 1 aromatic heterocycles. The van der Waals surface area contributed by atoms with E-state index in [1.54, 1.807) is 0 Å². The Morgan fingerprint density at radius 1 is 1.22 bits per heavy atom. The standard InChI is InChI=1S/C5H6N3.Lr/c1-4-5(2)8-7-3-6-4;/h1-2H3;/q-1;. The van der Waals surface area contributed by atoms with Crippen molar-refractivity contribution in [2.75, 3.05) is 0 Å². The molecule has 4 heteroatoms. The average molecular weight is 370 g/mol. The largest absolute Gasteiger partial charge is 0.433 e. The number of rotatable bonds is 0. The van der Waals surface area contributed by atoms with Crippen LogP contribution in [-0.4, -0.2) is 15.2 Å². The quantitative estimate of drug-likeness (QED) is 0.617. The molecule has 1 radical (unpaired) electrons. The Kier molecular flexibility index (Phi) is 1.83. The minimum atomic E-state index is 0. The number of hydrogen-bond acceptors (Lipinski definition) is 3. The summed E-state index contributed by atoms with van der Waals surface area (Å²) in [7, 11) is 0. The summed E-state index contributed by atoms with van der Waals surface area (Å²) in [5.41, 5.74) is 1.75. The third-order valence-corrected chi connectivity index (χ3v) is 0.986. The Morgan fingerprint density at radius 2 is 1.89 bits per heavy atom. The van der Waals surface area contributed by atoms with E-state index in [9.17, 15) is 0 Å². The Balaban J connectivity index is 0.000000640. The van der Waals surface area contributed by atoms with Gasteiger partial charge in [0, 0.05) is 0 Å². The van der Waals surface area contributed by atoms with Gasteiger partial charge in [0.15, 0.2) is 0 Å². The van der Waals surface area contributed by atoms with Gasteiger partial charge in [0.05, 0.1) is 0 Å². The van der Waals surface area contributed by atoms with Crippen molar-refractivity contribution in [3.8, 4) is 0 Å². The molecule has 9 heavy (non-hydrogen) atoms. The van der Waals surface area contributed by atoms with Gasteiger partial charge >= 0.3 is 0 Å². The molecule has 0 saturated carbocycles. The number of hydrogen-bond donors (Lipinski definition) is 0. The molecule has 0 saturated heterocycles. The van der Waals surface area contributed by atoms with Gasteiger partial charge in [-0.2, -0.15) is 5.10 Å². The van der Waals surface area contributed by atoms with Crippen LogP contribution in [0.3, 0.4) is 0 Å². The molecule has 0 unspecified atom stereocenters. The first-order valence-electron chi connectivity index (χ1n) is 2.34. The molecule has 0 atom stereocenters. The SMILES string of the molecule is Cc1n[c-]nnc1C.[Lr]. The van der Waals surface area contributed by atoms with E-state index in [1.807, 2.05) is 13.8 Å². The van der Waals surface area contributed by atoms with Crippen LogP contribution in [0.4, 0.5) is 0 Å². The van der Waals surface area contributed by atoms with E-state index in [4.69, 9.17) is 0 Å². The third kappa shape index (κ3) is 1.19. The Labute approximate surface area is 47.8 Å². The fourth-order valence-corrected chi connectivity index (χ4v) is 0.348. The molecule has 0 N–H and O–H groups in total. The van der Waals surface area contributed by atoms with Gasteiger partial charge in [-0.3, -0.25) is 0 Å². The molecule has 0 aliphatic rings. The van der Waals surface area contributed by atoms with E-state index in [1.165, 1.54) is 0 Å². The van der Waals surface area contributed by atoms with Gasteiger partial charge in [0.2, 0.25) is 0 Å². The van der Waals surface area contributed by atoms with Crippen molar-refractivity contribution in [2.45, 2.75) is 13.8 Å². The van der Waals surface area contributed by atoms with Crippen molar-refractivity contribution >= 4 is 0 Å². The van der Waals surface area contributed by atoms with Crippen LogP contribution in [0, 0.1) is 20.2 Å². The van der Waals surface area contributed by atoms with E-state index in [0.717, 1.165) is 11.4 Å². The first kappa shape index (κ1) is 7.01. The van der Waals surface area contributed by atoms with Crippen molar-refractivity contribution in [1.82, 2.24) is 15.2 Å². The molecule has 0 amide bonds. The topological polar surface area (TPSA) is 38.7 Å². The Morgan fingerprint density at radius 3 is 2.22 bits per heavy atom. The molecule has 1 heterocycles. The van der Waals surface area contributed by atoms with Crippen molar-refractivity contribution in [3.63, 3.8) is 0 Å². The van der Waals surface area contributed by atoms with Crippen LogP contribution >= 0.6 is 0 Å². The van der Waals surface area contributed by atoms with E-state index in [-0.39, 0.29) is 0 Å². The summed E-state index contributed by atoms with van der Waals surface area (Å²) in [5.74, 6) is 0. The fourth-order valence-electron chi connectivity index (χ4n) is 0.348. The minimum absolute atomic E-state index is 0. The van der Waals surface area contributed by atoms with E-state index in [0.29, 0.717) is 0 Å². The van der Waals surface area contributed by atoms with E-state index < -0.39 is 0 Å². The number of nitrogens with zero attached hydrogens (tertiary/aromatic N) is 3. The normalized spacial score (nSPS) is 8.22. The zero-order valence-corrected chi connectivity index (χ0v) is 7.25. The molecule has 0 aromatic carbocycles. The number of aryl methyl sites for hydroxylation is 2. The summed E-state index contributed by atoms with van der Waals surface area (Å²) in [4.78, 5) is 3.78. The molecule has 0 aliphatic heterocycles. The molecular weight excluding hydrogens is 364 g/mol. The first-order valence-corrected chi connectivity index (χ1v) is 2.34. The second kappa shape index (κ2) is 2.35. The smallest absolute Gasteiger partial charge is 0 e. The van der Waals surface area contributed by atoms with Gasteiger partial charge < -0.3 is 4.98 Å². The van der Waals surface area contributed by atoms with Crippen molar-refractivity contribution in [2.24, 2.45) is 0 Å². The molecular formula is C5H6LrN3-. The first-order chi connectivity index (χ1) is 3.80. The Bertz CT molecular complexity index is 168. The second-order valence-electron chi connectivity index (χ2n) is 1.58. The van der Waals surface area contributed by atoms with Crippen LogP contribution < -0.4 is 0 Å². The molecule has 0 aliphatic carbocycles. The summed E-state index contributed by atoms with van der Waals surface area (Å²) in [6.07, 6.45) is 2.39. The zero-order valence-electron chi connectivity index (χ0n) is 5.10. The van der Waals surface area contributed by atoms with Crippen LogP contribution in [0.25, 0.3) is 0 Å². The van der Waals surface area contributed by atoms with Crippen LogP contribution in [0.15, 0.2) is 0 Å². The summed E-state index contributed by atoms with van der Waals surface area (Å²) in [5, 5.41) is 7.17. The number of aromatic nitrogens is 3. The Hall–Kier alpha value is -1.99. The predicted octanol–water partition coefficient (Wildman–Crippen LogP) is 0.289. The van der Waals surface area contributed by atoms with E-state index in [2.05, 4.69) is 21.5 Å². The minimum Gasteiger partial charge on any atom is -0.433 e. The van der Waals surface area contributed by atoms with Gasteiger partial charge in [0.25, 0.3) is 0 Å². The summed E-state index contributed by atoms with van der Waals surface area (Å²) in [6.45, 7) is 3.74. The molecule has 0 fully saturated rings. The molecule has 1 aromatic rings. The van der Waals surface area contributed by atoms with Crippen LogP contribution in [-0.2, 0) is 0 Å². The molecule has 0 spiro atoms. The van der Waals surface area contributed by atoms with Gasteiger partial charge in [-0.15, -0.1) is 0 Å².